The Bertz CT molecular complexity index is 1350. The summed E-state index contributed by atoms with van der Waals surface area (Å²) in [5.41, 5.74) is 2.49. The van der Waals surface area contributed by atoms with Crippen LogP contribution in [0.5, 0.6) is 23.0 Å². The second-order valence-electron chi connectivity index (χ2n) is 9.26. The van der Waals surface area contributed by atoms with Crippen LogP contribution >= 0.6 is 0 Å². The van der Waals surface area contributed by atoms with E-state index >= 15 is 0 Å². The van der Waals surface area contributed by atoms with Crippen LogP contribution in [-0.2, 0) is 9.53 Å². The molecule has 0 spiro atoms. The van der Waals surface area contributed by atoms with Crippen LogP contribution in [-0.4, -0.2) is 35.5 Å². The van der Waals surface area contributed by atoms with E-state index in [4.69, 9.17) is 14.2 Å². The topological polar surface area (TPSA) is 135 Å². The highest BCUT2D eigenvalue weighted by Crippen LogP contribution is 2.24. The number of azo groups is 2. The number of esters is 1. The molecule has 4 aromatic carbocycles. The third kappa shape index (κ3) is 9.47. The first-order valence-corrected chi connectivity index (χ1v) is 12.9. The number of nitrogens with zero attached hydrogens (tertiary/aromatic N) is 4. The predicted octanol–water partition coefficient (Wildman–Crippen LogP) is 7.95. The van der Waals surface area contributed by atoms with Gasteiger partial charge in [0, 0.05) is 0 Å². The van der Waals surface area contributed by atoms with Crippen LogP contribution in [0.15, 0.2) is 118 Å². The van der Waals surface area contributed by atoms with Crippen molar-refractivity contribution in [2.24, 2.45) is 26.4 Å². The maximum Gasteiger partial charge on any atom is 0.308 e. The lowest BCUT2D eigenvalue weighted by atomic mass is 10.2. The molecule has 10 heteroatoms. The monoisotopic (exact) mass is 554 g/mol. The van der Waals surface area contributed by atoms with Crippen molar-refractivity contribution in [1.82, 2.24) is 0 Å². The first-order chi connectivity index (χ1) is 19.8. The van der Waals surface area contributed by atoms with Crippen LogP contribution in [0.1, 0.15) is 13.8 Å². The van der Waals surface area contributed by atoms with Crippen molar-refractivity contribution in [2.45, 2.75) is 20.0 Å². The average Bonchev–Trinajstić information content (AvgIpc) is 2.99. The fourth-order valence-electron chi connectivity index (χ4n) is 3.28. The third-order valence-electron chi connectivity index (χ3n) is 5.56. The lowest BCUT2D eigenvalue weighted by Gasteiger charge is -2.20. The maximum absolute atomic E-state index is 12.3. The minimum Gasteiger partial charge on any atom is -0.508 e. The van der Waals surface area contributed by atoms with Gasteiger partial charge in [-0.3, -0.25) is 4.79 Å². The largest absolute Gasteiger partial charge is 0.508 e. The van der Waals surface area contributed by atoms with Crippen LogP contribution in [0.25, 0.3) is 0 Å². The van der Waals surface area contributed by atoms with E-state index in [0.717, 1.165) is 0 Å². The Morgan fingerprint density at radius 1 is 0.585 bits per heavy atom. The second kappa shape index (κ2) is 14.2. The zero-order chi connectivity index (χ0) is 29.0. The van der Waals surface area contributed by atoms with Crippen LogP contribution in [0.2, 0.25) is 0 Å². The maximum atomic E-state index is 12.3. The van der Waals surface area contributed by atoms with E-state index < -0.39 is 6.10 Å². The molecule has 0 fully saturated rings. The molecule has 41 heavy (non-hydrogen) atoms. The first kappa shape index (κ1) is 28.8. The van der Waals surface area contributed by atoms with Gasteiger partial charge in [0.15, 0.2) is 6.10 Å². The molecule has 0 aliphatic carbocycles. The van der Waals surface area contributed by atoms with Crippen molar-refractivity contribution >= 4 is 28.7 Å². The van der Waals surface area contributed by atoms with Gasteiger partial charge in [0.25, 0.3) is 0 Å². The van der Waals surface area contributed by atoms with Crippen molar-refractivity contribution in [2.75, 3.05) is 13.2 Å². The molecule has 0 amide bonds. The van der Waals surface area contributed by atoms with Gasteiger partial charge >= 0.3 is 5.97 Å². The number of carbonyl (C=O) groups excluding carboxylic acids is 1. The Balaban J connectivity index is 1.31. The Morgan fingerprint density at radius 2 is 0.902 bits per heavy atom. The lowest BCUT2D eigenvalue weighted by Crippen LogP contribution is -2.32. The van der Waals surface area contributed by atoms with Gasteiger partial charge in [0.2, 0.25) is 0 Å². The molecule has 210 valence electrons. The smallest absolute Gasteiger partial charge is 0.308 e. The number of aromatic hydroxyl groups is 2. The molecule has 0 saturated carbocycles. The Labute approximate surface area is 237 Å². The summed E-state index contributed by atoms with van der Waals surface area (Å²) < 4.78 is 17.3. The van der Waals surface area contributed by atoms with E-state index in [-0.39, 0.29) is 36.6 Å². The quantitative estimate of drug-likeness (QED) is 0.135. The Kier molecular flexibility index (Phi) is 9.98. The van der Waals surface area contributed by atoms with E-state index in [9.17, 15) is 15.0 Å². The number of benzene rings is 4. The molecule has 0 saturated heterocycles. The standard InChI is InChI=1S/C31H30N4O6/c1-21(2)31(38)41-30(19-39-28-15-7-24(8-16-28)34-32-22-3-11-26(36)12-4-22)20-40-29-17-9-25(10-18-29)35-33-23-5-13-27(37)14-6-23/h3-18,21,30,36-37H,19-20H2,1-2H3. The van der Waals surface area contributed by atoms with Crippen LogP contribution < -0.4 is 9.47 Å². The first-order valence-electron chi connectivity index (χ1n) is 12.9. The van der Waals surface area contributed by atoms with Crippen molar-refractivity contribution < 1.29 is 29.2 Å². The summed E-state index contributed by atoms with van der Waals surface area (Å²) in [5.74, 6) is 0.823. The van der Waals surface area contributed by atoms with Crippen molar-refractivity contribution in [1.29, 1.82) is 0 Å². The molecule has 0 heterocycles. The number of hydrogen-bond acceptors (Lipinski definition) is 10. The Morgan fingerprint density at radius 3 is 1.22 bits per heavy atom. The number of phenolic OH excluding ortho intramolecular Hbond substituents is 2. The molecule has 0 aliphatic rings. The molecule has 0 aliphatic heterocycles. The van der Waals surface area contributed by atoms with E-state index in [2.05, 4.69) is 20.5 Å². The van der Waals surface area contributed by atoms with Gasteiger partial charge in [-0.15, -0.1) is 0 Å². The fraction of sp³-hybridized carbons (Fsp3) is 0.194. The highest BCUT2D eigenvalue weighted by molar-refractivity contribution is 5.71. The highest BCUT2D eigenvalue weighted by atomic mass is 16.6. The van der Waals surface area contributed by atoms with Crippen molar-refractivity contribution in [3.8, 4) is 23.0 Å². The van der Waals surface area contributed by atoms with Crippen LogP contribution in [0.4, 0.5) is 22.7 Å². The molecule has 0 aromatic heterocycles. The fourth-order valence-corrected chi connectivity index (χ4v) is 3.28. The number of ether oxygens (including phenoxy) is 3. The van der Waals surface area contributed by atoms with Gasteiger partial charge in [-0.05, 0) is 97.1 Å². The molecule has 0 bridgehead atoms. The molecule has 0 atom stereocenters. The van der Waals surface area contributed by atoms with Gasteiger partial charge in [-0.25, -0.2) is 0 Å². The third-order valence-corrected chi connectivity index (χ3v) is 5.56. The van der Waals surface area contributed by atoms with Crippen molar-refractivity contribution in [3.63, 3.8) is 0 Å². The lowest BCUT2D eigenvalue weighted by molar-refractivity contribution is -0.156. The van der Waals surface area contributed by atoms with Crippen molar-refractivity contribution in [3.05, 3.63) is 97.1 Å². The van der Waals surface area contributed by atoms with Gasteiger partial charge < -0.3 is 24.4 Å². The van der Waals surface area contributed by atoms with E-state index in [0.29, 0.717) is 34.2 Å². The minimum absolute atomic E-state index is 0.0890. The Hall–Kier alpha value is -5.25. The summed E-state index contributed by atoms with van der Waals surface area (Å²) >= 11 is 0. The highest BCUT2D eigenvalue weighted by Gasteiger charge is 2.19. The number of carbonyl (C=O) groups is 1. The van der Waals surface area contributed by atoms with E-state index in [1.54, 1.807) is 111 Å². The molecular weight excluding hydrogens is 524 g/mol. The molecule has 0 unspecified atom stereocenters. The van der Waals surface area contributed by atoms with Gasteiger partial charge in [-0.2, -0.15) is 20.5 Å². The number of phenols is 2. The summed E-state index contributed by atoms with van der Waals surface area (Å²) in [4.78, 5) is 12.3. The summed E-state index contributed by atoms with van der Waals surface area (Å²) in [7, 11) is 0. The summed E-state index contributed by atoms with van der Waals surface area (Å²) in [5, 5.41) is 35.4. The molecule has 0 radical (unpaired) electrons. The zero-order valence-corrected chi connectivity index (χ0v) is 22.6. The SMILES string of the molecule is CC(C)C(=O)OC(COc1ccc(N=Nc2ccc(O)cc2)cc1)COc1ccc(N=Nc2ccc(O)cc2)cc1. The molecule has 10 nitrogen and oxygen atoms in total. The zero-order valence-electron chi connectivity index (χ0n) is 22.6. The average molecular weight is 555 g/mol. The summed E-state index contributed by atoms with van der Waals surface area (Å²) in [6.45, 7) is 3.70. The van der Waals surface area contributed by atoms with Gasteiger partial charge in [0.1, 0.15) is 36.2 Å². The normalized spacial score (nSPS) is 12.1. The predicted molar refractivity (Wildman–Crippen MR) is 153 cm³/mol. The molecule has 2 N–H and O–H groups in total. The molecule has 4 rings (SSSR count). The van der Waals surface area contributed by atoms with Crippen LogP contribution in [0.3, 0.4) is 0 Å². The van der Waals surface area contributed by atoms with E-state index in [1.807, 2.05) is 0 Å². The minimum atomic E-state index is -0.646. The van der Waals surface area contributed by atoms with Gasteiger partial charge in [-0.1, -0.05) is 13.8 Å². The second-order valence-corrected chi connectivity index (χ2v) is 9.26. The van der Waals surface area contributed by atoms with Gasteiger partial charge in [0.05, 0.1) is 28.7 Å². The summed E-state index contributed by atoms with van der Waals surface area (Å²) in [6, 6.07) is 26.8. The van der Waals surface area contributed by atoms with Crippen LogP contribution in [0, 0.1) is 5.92 Å². The van der Waals surface area contributed by atoms with E-state index in [1.165, 1.54) is 0 Å². The molecular formula is C31H30N4O6. The summed E-state index contributed by atoms with van der Waals surface area (Å²) in [6.07, 6.45) is -0.646. The number of hydrogen-bond donors (Lipinski definition) is 2. The number of rotatable bonds is 12. The molecule has 4 aromatic rings.